The van der Waals surface area contributed by atoms with E-state index < -0.39 is 0 Å². The fourth-order valence-corrected chi connectivity index (χ4v) is 2.91. The molecule has 0 bridgehead atoms. The molecule has 3 rings (SSSR count). The number of alkyl halides is 1. The second-order valence-corrected chi connectivity index (χ2v) is 7.36. The van der Waals surface area contributed by atoms with Gasteiger partial charge in [0.25, 0.3) is 0 Å². The van der Waals surface area contributed by atoms with E-state index in [0.29, 0.717) is 6.61 Å². The van der Waals surface area contributed by atoms with E-state index in [4.69, 9.17) is 4.74 Å². The van der Waals surface area contributed by atoms with E-state index in [2.05, 4.69) is 71.4 Å². The lowest BCUT2D eigenvalue weighted by atomic mass is 10.0. The summed E-state index contributed by atoms with van der Waals surface area (Å²) in [5.41, 5.74) is 5.16. The van der Waals surface area contributed by atoms with Crippen LogP contribution < -0.4 is 0 Å². The Kier molecular flexibility index (Phi) is 7.73. The highest BCUT2D eigenvalue weighted by atomic mass is 127. The van der Waals surface area contributed by atoms with Gasteiger partial charge in [0.05, 0.1) is 6.61 Å². The smallest absolute Gasteiger partial charge is 0.145 e. The highest BCUT2D eigenvalue weighted by Crippen LogP contribution is 2.21. The summed E-state index contributed by atoms with van der Waals surface area (Å²) >= 11 is 2.32. The number of hydrogen-bond donors (Lipinski definition) is 0. The molecular weight excluding hydrogens is 455 g/mol. The number of benzene rings is 3. The van der Waals surface area contributed by atoms with E-state index in [1.54, 1.807) is 0 Å². The van der Waals surface area contributed by atoms with Gasteiger partial charge < -0.3 is 4.74 Å². The van der Waals surface area contributed by atoms with Crippen LogP contribution in [0.5, 0.6) is 0 Å². The van der Waals surface area contributed by atoms with Crippen LogP contribution >= 0.6 is 22.6 Å². The highest BCUT2D eigenvalue weighted by molar-refractivity contribution is 14.1. The second-order valence-electron chi connectivity index (χ2n) is 6.28. The molecule has 138 valence electrons. The van der Waals surface area contributed by atoms with Crippen LogP contribution in [0, 0.1) is 30.6 Å². The Labute approximate surface area is 181 Å². The molecule has 0 radical (unpaired) electrons. The van der Waals surface area contributed by atoms with Gasteiger partial charge >= 0.3 is 0 Å². The van der Waals surface area contributed by atoms with Gasteiger partial charge in [-0.2, -0.15) is 0 Å². The zero-order chi connectivity index (χ0) is 19.6. The molecule has 2 heteroatoms. The topological polar surface area (TPSA) is 9.23 Å². The van der Waals surface area contributed by atoms with Crippen LogP contribution in [0.1, 0.15) is 33.9 Å². The number of halogens is 1. The van der Waals surface area contributed by atoms with Crippen LogP contribution in [-0.2, 0) is 4.74 Å². The predicted molar refractivity (Wildman–Crippen MR) is 125 cm³/mol. The minimum atomic E-state index is -0.308. The van der Waals surface area contributed by atoms with Crippen LogP contribution in [0.15, 0.2) is 78.9 Å². The summed E-state index contributed by atoms with van der Waals surface area (Å²) in [4.78, 5) is 0. The van der Waals surface area contributed by atoms with Crippen LogP contribution in [0.25, 0.3) is 0 Å². The Morgan fingerprint density at radius 2 is 1.46 bits per heavy atom. The molecule has 0 saturated heterocycles. The van der Waals surface area contributed by atoms with Crippen molar-refractivity contribution in [2.24, 2.45) is 0 Å². The number of ether oxygens (including phenoxy) is 1. The van der Waals surface area contributed by atoms with Crippen molar-refractivity contribution >= 4 is 22.6 Å². The Balaban J connectivity index is 1.93. The number of aryl methyl sites for hydroxylation is 1. The molecule has 0 heterocycles. The van der Waals surface area contributed by atoms with Crippen LogP contribution in [0.2, 0.25) is 0 Å². The fourth-order valence-electron chi connectivity index (χ4n) is 2.66. The lowest BCUT2D eigenvalue weighted by Crippen LogP contribution is -2.06. The van der Waals surface area contributed by atoms with Crippen molar-refractivity contribution in [2.75, 3.05) is 11.0 Å². The van der Waals surface area contributed by atoms with E-state index in [0.717, 1.165) is 26.7 Å². The van der Waals surface area contributed by atoms with E-state index in [-0.39, 0.29) is 6.10 Å². The minimum absolute atomic E-state index is 0.308. The van der Waals surface area contributed by atoms with Gasteiger partial charge in [0.15, 0.2) is 0 Å². The summed E-state index contributed by atoms with van der Waals surface area (Å²) < 4.78 is 6.98. The standard InChI is InChI=1S/C26H21IO/c1-21-11-13-23(14-12-21)16-18-26(28-20-19-27)25-10-6-5-9-24(25)17-15-22-7-3-2-4-8-22/h2-14,26H,19-20H2,1H3. The first-order valence-electron chi connectivity index (χ1n) is 9.18. The van der Waals surface area contributed by atoms with E-state index in [9.17, 15) is 0 Å². The first-order chi connectivity index (χ1) is 13.8. The van der Waals surface area contributed by atoms with Gasteiger partial charge in [0.1, 0.15) is 6.10 Å². The Hall–Kier alpha value is -2.53. The average molecular weight is 476 g/mol. The minimum Gasteiger partial charge on any atom is -0.360 e. The van der Waals surface area contributed by atoms with Gasteiger partial charge in [-0.05, 0) is 37.3 Å². The molecule has 0 aromatic heterocycles. The van der Waals surface area contributed by atoms with Crippen molar-refractivity contribution in [3.63, 3.8) is 0 Å². The summed E-state index contributed by atoms with van der Waals surface area (Å²) in [5.74, 6) is 13.1. The van der Waals surface area contributed by atoms with E-state index in [1.807, 2.05) is 60.7 Å². The van der Waals surface area contributed by atoms with Crippen LogP contribution in [0.3, 0.4) is 0 Å². The van der Waals surface area contributed by atoms with Crippen molar-refractivity contribution in [3.8, 4) is 23.7 Å². The molecule has 1 unspecified atom stereocenters. The quantitative estimate of drug-likeness (QED) is 0.257. The second kappa shape index (κ2) is 10.7. The Bertz CT molecular complexity index is 1020. The molecule has 3 aromatic carbocycles. The molecule has 0 fully saturated rings. The van der Waals surface area contributed by atoms with Gasteiger partial charge in [-0.3, -0.25) is 0 Å². The summed E-state index contributed by atoms with van der Waals surface area (Å²) in [6.07, 6.45) is -0.308. The average Bonchev–Trinajstić information content (AvgIpc) is 2.75. The van der Waals surface area contributed by atoms with Crippen molar-refractivity contribution in [1.29, 1.82) is 0 Å². The molecule has 3 aromatic rings. The molecule has 0 spiro atoms. The molecule has 28 heavy (non-hydrogen) atoms. The summed E-state index contributed by atoms with van der Waals surface area (Å²) in [6, 6.07) is 26.3. The SMILES string of the molecule is Cc1ccc(C#CC(OCCI)c2ccccc2C#Cc2ccccc2)cc1. The third kappa shape index (κ3) is 5.99. The maximum atomic E-state index is 6.07. The molecule has 0 amide bonds. The van der Waals surface area contributed by atoms with Gasteiger partial charge in [0, 0.05) is 26.7 Å². The van der Waals surface area contributed by atoms with Gasteiger partial charge in [0.2, 0.25) is 0 Å². The van der Waals surface area contributed by atoms with Gasteiger partial charge in [-0.1, -0.05) is 100 Å². The van der Waals surface area contributed by atoms with Crippen molar-refractivity contribution in [2.45, 2.75) is 13.0 Å². The largest absolute Gasteiger partial charge is 0.360 e. The van der Waals surface area contributed by atoms with Crippen LogP contribution in [-0.4, -0.2) is 11.0 Å². The summed E-state index contributed by atoms with van der Waals surface area (Å²) in [5, 5.41) is 0. The molecule has 1 nitrogen and oxygen atoms in total. The zero-order valence-corrected chi connectivity index (χ0v) is 17.9. The monoisotopic (exact) mass is 476 g/mol. The summed E-state index contributed by atoms with van der Waals surface area (Å²) in [6.45, 7) is 2.72. The summed E-state index contributed by atoms with van der Waals surface area (Å²) in [7, 11) is 0. The Morgan fingerprint density at radius 1 is 0.786 bits per heavy atom. The molecule has 0 saturated carbocycles. The highest BCUT2D eigenvalue weighted by Gasteiger charge is 2.12. The molecule has 1 atom stereocenters. The predicted octanol–water partition coefficient (Wildman–Crippen LogP) is 5.94. The van der Waals surface area contributed by atoms with E-state index in [1.165, 1.54) is 5.56 Å². The molecule has 0 N–H and O–H groups in total. The maximum Gasteiger partial charge on any atom is 0.145 e. The third-order valence-corrected chi connectivity index (χ3v) is 4.56. The first kappa shape index (κ1) is 20.2. The molecule has 0 aliphatic carbocycles. The van der Waals surface area contributed by atoms with E-state index >= 15 is 0 Å². The van der Waals surface area contributed by atoms with Crippen molar-refractivity contribution in [3.05, 3.63) is 107 Å². The lowest BCUT2D eigenvalue weighted by Gasteiger charge is -2.14. The molecule has 0 aliphatic rings. The van der Waals surface area contributed by atoms with Crippen molar-refractivity contribution in [1.82, 2.24) is 0 Å². The normalized spacial score (nSPS) is 10.9. The maximum absolute atomic E-state index is 6.07. The zero-order valence-electron chi connectivity index (χ0n) is 15.8. The molecule has 0 aliphatic heterocycles. The Morgan fingerprint density at radius 3 is 2.21 bits per heavy atom. The number of hydrogen-bond acceptors (Lipinski definition) is 1. The third-order valence-electron chi connectivity index (χ3n) is 4.12. The fraction of sp³-hybridized carbons (Fsp3) is 0.154. The van der Waals surface area contributed by atoms with Crippen molar-refractivity contribution < 1.29 is 4.74 Å². The van der Waals surface area contributed by atoms with Gasteiger partial charge in [-0.15, -0.1) is 0 Å². The molecular formula is C26H21IO. The number of rotatable bonds is 4. The van der Waals surface area contributed by atoms with Gasteiger partial charge in [-0.25, -0.2) is 0 Å². The first-order valence-corrected chi connectivity index (χ1v) is 10.7. The lowest BCUT2D eigenvalue weighted by molar-refractivity contribution is 0.107. The van der Waals surface area contributed by atoms with Crippen LogP contribution in [0.4, 0.5) is 0 Å².